The zero-order valence-corrected chi connectivity index (χ0v) is 13.3. The summed E-state index contributed by atoms with van der Waals surface area (Å²) in [5.74, 6) is 0. The van der Waals surface area contributed by atoms with E-state index in [0.717, 1.165) is 10.9 Å². The molecule has 1 nitrogen and oxygen atoms in total. The summed E-state index contributed by atoms with van der Waals surface area (Å²) in [5, 5.41) is 3.61. The quantitative estimate of drug-likeness (QED) is 0.785. The lowest BCUT2D eigenvalue weighted by molar-refractivity contribution is 0.877. The maximum absolute atomic E-state index is 3.61. The first-order valence-corrected chi connectivity index (χ1v) is 7.51. The van der Waals surface area contributed by atoms with E-state index in [-0.39, 0.29) is 0 Å². The van der Waals surface area contributed by atoms with Gasteiger partial charge in [-0.25, -0.2) is 0 Å². The number of hydrogen-bond acceptors (Lipinski definition) is 1. The summed E-state index contributed by atoms with van der Waals surface area (Å²) in [4.78, 5) is 0. The van der Waals surface area contributed by atoms with Gasteiger partial charge in [-0.3, -0.25) is 0 Å². The molecule has 2 rings (SSSR count). The lowest BCUT2D eigenvalue weighted by atomic mass is 10.0. The van der Waals surface area contributed by atoms with Crippen molar-refractivity contribution in [3.8, 4) is 0 Å². The second-order valence-electron chi connectivity index (χ2n) is 4.94. The van der Waals surface area contributed by atoms with Crippen LogP contribution in [-0.4, -0.2) is 0 Å². The van der Waals surface area contributed by atoms with Crippen LogP contribution in [0.4, 0.5) is 5.69 Å². The number of benzene rings is 2. The Balaban J connectivity index is 2.21. The molecule has 100 valence electrons. The van der Waals surface area contributed by atoms with E-state index in [9.17, 15) is 0 Å². The van der Waals surface area contributed by atoms with Gasteiger partial charge in [-0.2, -0.15) is 0 Å². The van der Waals surface area contributed by atoms with Crippen molar-refractivity contribution in [1.82, 2.24) is 0 Å². The Morgan fingerprint density at radius 2 is 1.95 bits per heavy atom. The minimum absolute atomic E-state index is 0.311. The molecule has 0 aliphatic carbocycles. The largest absolute Gasteiger partial charge is 0.378 e. The first kappa shape index (κ1) is 14.1. The highest BCUT2D eigenvalue weighted by atomic mass is 79.9. The van der Waals surface area contributed by atoms with Gasteiger partial charge in [0, 0.05) is 16.2 Å². The van der Waals surface area contributed by atoms with Crippen molar-refractivity contribution in [1.29, 1.82) is 0 Å². The van der Waals surface area contributed by atoms with E-state index in [0.29, 0.717) is 6.04 Å². The van der Waals surface area contributed by atoms with Gasteiger partial charge in [0.1, 0.15) is 0 Å². The summed E-state index contributed by atoms with van der Waals surface area (Å²) in [5.41, 5.74) is 5.19. The topological polar surface area (TPSA) is 12.0 Å². The Bertz CT molecular complexity index is 563. The van der Waals surface area contributed by atoms with Crippen molar-refractivity contribution < 1.29 is 0 Å². The van der Waals surface area contributed by atoms with Crippen LogP contribution in [0.5, 0.6) is 0 Å². The van der Waals surface area contributed by atoms with Gasteiger partial charge in [0.15, 0.2) is 0 Å². The number of halogens is 1. The van der Waals surface area contributed by atoms with Crippen molar-refractivity contribution in [3.05, 3.63) is 63.6 Å². The van der Waals surface area contributed by atoms with Gasteiger partial charge in [-0.1, -0.05) is 52.7 Å². The predicted molar refractivity (Wildman–Crippen MR) is 86.7 cm³/mol. The van der Waals surface area contributed by atoms with Crippen molar-refractivity contribution in [2.45, 2.75) is 33.2 Å². The number of nitrogens with one attached hydrogen (secondary N) is 1. The minimum atomic E-state index is 0.311. The number of aryl methyl sites for hydroxylation is 2. The third-order valence-electron chi connectivity index (χ3n) is 3.36. The summed E-state index contributed by atoms with van der Waals surface area (Å²) in [6.45, 7) is 6.52. The minimum Gasteiger partial charge on any atom is -0.378 e. The van der Waals surface area contributed by atoms with Crippen molar-refractivity contribution >= 4 is 21.6 Å². The molecule has 0 amide bonds. The molecule has 0 fully saturated rings. The molecule has 0 saturated heterocycles. The van der Waals surface area contributed by atoms with Gasteiger partial charge in [0.2, 0.25) is 0 Å². The van der Waals surface area contributed by atoms with Gasteiger partial charge in [-0.05, 0) is 49.6 Å². The SMILES string of the molecule is CCc1cc(Br)ccc1NC(C)c1cccc(C)c1. The van der Waals surface area contributed by atoms with E-state index in [1.54, 1.807) is 0 Å². The standard InChI is InChI=1S/C17H20BrN/c1-4-14-11-16(18)8-9-17(14)19-13(3)15-7-5-6-12(2)10-15/h5-11,13,19H,4H2,1-3H3. The first-order chi connectivity index (χ1) is 9.10. The second kappa shape index (κ2) is 6.25. The van der Waals surface area contributed by atoms with Crippen LogP contribution in [0.2, 0.25) is 0 Å². The molecule has 0 aromatic heterocycles. The van der Waals surface area contributed by atoms with Crippen molar-refractivity contribution in [3.63, 3.8) is 0 Å². The summed E-state index contributed by atoms with van der Waals surface area (Å²) >= 11 is 3.53. The molecule has 0 bridgehead atoms. The molecular weight excluding hydrogens is 298 g/mol. The van der Waals surface area contributed by atoms with E-state index in [4.69, 9.17) is 0 Å². The maximum atomic E-state index is 3.61. The van der Waals surface area contributed by atoms with Gasteiger partial charge >= 0.3 is 0 Å². The van der Waals surface area contributed by atoms with E-state index < -0.39 is 0 Å². The predicted octanol–water partition coefficient (Wildman–Crippen LogP) is 5.49. The first-order valence-electron chi connectivity index (χ1n) is 6.71. The van der Waals surface area contributed by atoms with Crippen LogP contribution in [0.25, 0.3) is 0 Å². The summed E-state index contributed by atoms with van der Waals surface area (Å²) in [7, 11) is 0. The summed E-state index contributed by atoms with van der Waals surface area (Å²) in [6.07, 6.45) is 1.03. The Labute approximate surface area is 124 Å². The van der Waals surface area contributed by atoms with E-state index in [1.807, 2.05) is 0 Å². The molecule has 0 spiro atoms. The highest BCUT2D eigenvalue weighted by Crippen LogP contribution is 2.26. The molecule has 19 heavy (non-hydrogen) atoms. The summed E-state index contributed by atoms with van der Waals surface area (Å²) in [6, 6.07) is 15.4. The number of rotatable bonds is 4. The lowest BCUT2D eigenvalue weighted by Gasteiger charge is -2.19. The van der Waals surface area contributed by atoms with Crippen LogP contribution in [0.15, 0.2) is 46.9 Å². The average Bonchev–Trinajstić information content (AvgIpc) is 2.40. The number of hydrogen-bond donors (Lipinski definition) is 1. The van der Waals surface area contributed by atoms with Gasteiger partial charge in [0.05, 0.1) is 0 Å². The smallest absolute Gasteiger partial charge is 0.0485 e. The molecular formula is C17H20BrN. The Morgan fingerprint density at radius 3 is 2.63 bits per heavy atom. The van der Waals surface area contributed by atoms with E-state index >= 15 is 0 Å². The molecule has 1 atom stereocenters. The highest BCUT2D eigenvalue weighted by Gasteiger charge is 2.08. The van der Waals surface area contributed by atoms with Crippen LogP contribution in [0, 0.1) is 6.92 Å². The maximum Gasteiger partial charge on any atom is 0.0485 e. The fourth-order valence-electron chi connectivity index (χ4n) is 2.25. The van der Waals surface area contributed by atoms with Gasteiger partial charge < -0.3 is 5.32 Å². The average molecular weight is 318 g/mol. The van der Waals surface area contributed by atoms with Crippen LogP contribution < -0.4 is 5.32 Å². The normalized spacial score (nSPS) is 12.2. The number of anilines is 1. The molecule has 0 radical (unpaired) electrons. The lowest BCUT2D eigenvalue weighted by Crippen LogP contribution is -2.08. The molecule has 0 aliphatic rings. The Morgan fingerprint density at radius 1 is 1.16 bits per heavy atom. The second-order valence-corrected chi connectivity index (χ2v) is 5.85. The molecule has 0 heterocycles. The van der Waals surface area contributed by atoms with Crippen LogP contribution in [0.3, 0.4) is 0 Å². The molecule has 1 N–H and O–H groups in total. The zero-order chi connectivity index (χ0) is 13.8. The van der Waals surface area contributed by atoms with Crippen LogP contribution in [0.1, 0.15) is 36.6 Å². The van der Waals surface area contributed by atoms with Gasteiger partial charge in [-0.15, -0.1) is 0 Å². The van der Waals surface area contributed by atoms with Crippen molar-refractivity contribution in [2.24, 2.45) is 0 Å². The van der Waals surface area contributed by atoms with Crippen LogP contribution >= 0.6 is 15.9 Å². The third-order valence-corrected chi connectivity index (χ3v) is 3.86. The fourth-order valence-corrected chi connectivity index (χ4v) is 2.66. The summed E-state index contributed by atoms with van der Waals surface area (Å²) < 4.78 is 1.14. The van der Waals surface area contributed by atoms with Crippen molar-refractivity contribution in [2.75, 3.05) is 5.32 Å². The van der Waals surface area contributed by atoms with Crippen LogP contribution in [-0.2, 0) is 6.42 Å². The van der Waals surface area contributed by atoms with Gasteiger partial charge in [0.25, 0.3) is 0 Å². The third kappa shape index (κ3) is 3.60. The molecule has 2 aromatic rings. The Kier molecular flexibility index (Phi) is 4.65. The van der Waals surface area contributed by atoms with E-state index in [2.05, 4.69) is 84.5 Å². The zero-order valence-electron chi connectivity index (χ0n) is 11.7. The molecule has 0 aliphatic heterocycles. The van der Waals surface area contributed by atoms with E-state index in [1.165, 1.54) is 22.4 Å². The molecule has 1 unspecified atom stereocenters. The molecule has 2 heteroatoms. The molecule has 2 aromatic carbocycles. The fraction of sp³-hybridized carbons (Fsp3) is 0.294. The Hall–Kier alpha value is -1.28. The highest BCUT2D eigenvalue weighted by molar-refractivity contribution is 9.10. The molecule has 0 saturated carbocycles. The monoisotopic (exact) mass is 317 g/mol.